The van der Waals surface area contributed by atoms with Crippen molar-refractivity contribution >= 4 is 17.5 Å². The van der Waals surface area contributed by atoms with Crippen molar-refractivity contribution in [3.8, 4) is 0 Å². The molecule has 0 bridgehead atoms. The Morgan fingerprint density at radius 2 is 2.07 bits per heavy atom. The van der Waals surface area contributed by atoms with E-state index in [9.17, 15) is 9.18 Å². The smallest absolute Gasteiger partial charge is 0.175 e. The lowest BCUT2D eigenvalue weighted by Crippen LogP contribution is -2.14. The standard InChI is InChI=1S/C11H13FO2S/c1-8(15-7-6-13)11(14)9-2-4-10(12)5-3-9/h2-5,8,13H,6-7H2,1H3. The van der Waals surface area contributed by atoms with Crippen molar-refractivity contribution in [2.24, 2.45) is 0 Å². The molecule has 0 aliphatic rings. The van der Waals surface area contributed by atoms with Gasteiger partial charge in [-0.3, -0.25) is 4.79 Å². The van der Waals surface area contributed by atoms with Crippen molar-refractivity contribution in [1.82, 2.24) is 0 Å². The number of halogens is 1. The van der Waals surface area contributed by atoms with Gasteiger partial charge in [-0.05, 0) is 31.2 Å². The molecule has 0 spiro atoms. The van der Waals surface area contributed by atoms with Gasteiger partial charge in [0, 0.05) is 11.3 Å². The van der Waals surface area contributed by atoms with Gasteiger partial charge in [0.05, 0.1) is 11.9 Å². The molecule has 0 aromatic heterocycles. The van der Waals surface area contributed by atoms with Crippen molar-refractivity contribution in [3.05, 3.63) is 35.6 Å². The summed E-state index contributed by atoms with van der Waals surface area (Å²) in [6.45, 7) is 1.84. The average Bonchev–Trinajstić information content (AvgIpc) is 2.26. The molecule has 0 heterocycles. The molecule has 0 saturated heterocycles. The molecular formula is C11H13FO2S. The van der Waals surface area contributed by atoms with E-state index in [1.807, 2.05) is 0 Å². The number of aliphatic hydroxyl groups is 1. The van der Waals surface area contributed by atoms with Gasteiger partial charge in [0.15, 0.2) is 5.78 Å². The van der Waals surface area contributed by atoms with E-state index in [4.69, 9.17) is 5.11 Å². The summed E-state index contributed by atoms with van der Waals surface area (Å²) in [6.07, 6.45) is 0. The lowest BCUT2D eigenvalue weighted by molar-refractivity contribution is 0.0994. The van der Waals surface area contributed by atoms with Crippen LogP contribution in [0.15, 0.2) is 24.3 Å². The van der Waals surface area contributed by atoms with Crippen LogP contribution < -0.4 is 0 Å². The van der Waals surface area contributed by atoms with Gasteiger partial charge >= 0.3 is 0 Å². The third-order valence-electron chi connectivity index (χ3n) is 1.96. The van der Waals surface area contributed by atoms with Gasteiger partial charge in [0.1, 0.15) is 5.82 Å². The summed E-state index contributed by atoms with van der Waals surface area (Å²) < 4.78 is 12.6. The molecule has 0 aliphatic heterocycles. The highest BCUT2D eigenvalue weighted by molar-refractivity contribution is 8.00. The number of thioether (sulfide) groups is 1. The van der Waals surface area contributed by atoms with Crippen LogP contribution in [0.4, 0.5) is 4.39 Å². The topological polar surface area (TPSA) is 37.3 Å². The Kier molecular flexibility index (Phi) is 4.78. The van der Waals surface area contributed by atoms with E-state index in [0.717, 1.165) is 0 Å². The van der Waals surface area contributed by atoms with Crippen LogP contribution >= 0.6 is 11.8 Å². The zero-order chi connectivity index (χ0) is 11.3. The quantitative estimate of drug-likeness (QED) is 0.784. The predicted molar refractivity (Wildman–Crippen MR) is 59.7 cm³/mol. The molecule has 15 heavy (non-hydrogen) atoms. The molecule has 0 saturated carbocycles. The van der Waals surface area contributed by atoms with Gasteiger partial charge < -0.3 is 5.11 Å². The molecule has 4 heteroatoms. The van der Waals surface area contributed by atoms with Crippen molar-refractivity contribution in [3.63, 3.8) is 0 Å². The molecule has 82 valence electrons. The maximum atomic E-state index is 12.6. The molecule has 0 aliphatic carbocycles. The Morgan fingerprint density at radius 1 is 1.47 bits per heavy atom. The Bertz CT molecular complexity index is 324. The predicted octanol–water partition coefficient (Wildman–Crippen LogP) is 2.12. The third kappa shape index (κ3) is 3.64. The first kappa shape index (κ1) is 12.2. The molecule has 1 atom stereocenters. The highest BCUT2D eigenvalue weighted by atomic mass is 32.2. The van der Waals surface area contributed by atoms with E-state index in [-0.39, 0.29) is 23.5 Å². The van der Waals surface area contributed by atoms with Gasteiger partial charge in [0.25, 0.3) is 0 Å². The van der Waals surface area contributed by atoms with Crippen molar-refractivity contribution in [2.45, 2.75) is 12.2 Å². The van der Waals surface area contributed by atoms with Crippen LogP contribution in [0, 0.1) is 5.82 Å². The van der Waals surface area contributed by atoms with Crippen molar-refractivity contribution in [2.75, 3.05) is 12.4 Å². The monoisotopic (exact) mass is 228 g/mol. The number of carbonyl (C=O) groups excluding carboxylic acids is 1. The van der Waals surface area contributed by atoms with Crippen LogP contribution in [-0.2, 0) is 0 Å². The van der Waals surface area contributed by atoms with Gasteiger partial charge in [-0.1, -0.05) is 0 Å². The number of Topliss-reactive ketones (excluding diaryl/α,β-unsaturated/α-hetero) is 1. The van der Waals surface area contributed by atoms with Gasteiger partial charge in [0.2, 0.25) is 0 Å². The fourth-order valence-corrected chi connectivity index (χ4v) is 1.90. The molecule has 1 unspecified atom stereocenters. The summed E-state index contributed by atoms with van der Waals surface area (Å²) in [5.74, 6) is 0.157. The second-order valence-electron chi connectivity index (χ2n) is 3.11. The highest BCUT2D eigenvalue weighted by Gasteiger charge is 2.14. The third-order valence-corrected chi connectivity index (χ3v) is 3.09. The lowest BCUT2D eigenvalue weighted by Gasteiger charge is -2.08. The molecular weight excluding hydrogens is 215 g/mol. The Morgan fingerprint density at radius 3 is 2.60 bits per heavy atom. The number of carbonyl (C=O) groups is 1. The molecule has 1 aromatic carbocycles. The fourth-order valence-electron chi connectivity index (χ4n) is 1.15. The molecule has 0 fully saturated rings. The van der Waals surface area contributed by atoms with Crippen LogP contribution in [0.5, 0.6) is 0 Å². The van der Waals surface area contributed by atoms with Gasteiger partial charge in [-0.25, -0.2) is 4.39 Å². The summed E-state index contributed by atoms with van der Waals surface area (Å²) in [4.78, 5) is 11.7. The van der Waals surface area contributed by atoms with Gasteiger partial charge in [-0.2, -0.15) is 0 Å². The van der Waals surface area contributed by atoms with Crippen LogP contribution in [0.25, 0.3) is 0 Å². The minimum atomic E-state index is -0.345. The summed E-state index contributed by atoms with van der Waals surface area (Å²) >= 11 is 1.39. The number of aliphatic hydroxyl groups excluding tert-OH is 1. The molecule has 0 amide bonds. The molecule has 1 rings (SSSR count). The van der Waals surface area contributed by atoms with Crippen LogP contribution in [0.2, 0.25) is 0 Å². The Hall–Kier alpha value is -0.870. The highest BCUT2D eigenvalue weighted by Crippen LogP contribution is 2.16. The molecule has 0 radical (unpaired) electrons. The normalized spacial score (nSPS) is 12.5. The van der Waals surface area contributed by atoms with E-state index in [0.29, 0.717) is 11.3 Å². The number of rotatable bonds is 5. The maximum Gasteiger partial charge on any atom is 0.175 e. The zero-order valence-electron chi connectivity index (χ0n) is 8.44. The van der Waals surface area contributed by atoms with E-state index < -0.39 is 0 Å². The average molecular weight is 228 g/mol. The number of ketones is 1. The van der Waals surface area contributed by atoms with Crippen molar-refractivity contribution < 1.29 is 14.3 Å². The fraction of sp³-hybridized carbons (Fsp3) is 0.364. The lowest BCUT2D eigenvalue weighted by atomic mass is 10.1. The molecule has 1 aromatic rings. The first-order valence-corrected chi connectivity index (χ1v) is 5.72. The van der Waals surface area contributed by atoms with E-state index in [1.165, 1.54) is 36.0 Å². The Balaban J connectivity index is 2.63. The first-order chi connectivity index (χ1) is 7.15. The van der Waals surface area contributed by atoms with Crippen LogP contribution in [-0.4, -0.2) is 28.5 Å². The van der Waals surface area contributed by atoms with Crippen molar-refractivity contribution in [1.29, 1.82) is 0 Å². The summed E-state index contributed by atoms with van der Waals surface area (Å²) in [5, 5.41) is 8.42. The molecule has 2 nitrogen and oxygen atoms in total. The van der Waals surface area contributed by atoms with E-state index in [1.54, 1.807) is 6.92 Å². The summed E-state index contributed by atoms with van der Waals surface area (Å²) in [5.41, 5.74) is 0.509. The van der Waals surface area contributed by atoms with E-state index >= 15 is 0 Å². The summed E-state index contributed by atoms with van der Waals surface area (Å²) in [7, 11) is 0. The minimum Gasteiger partial charge on any atom is -0.396 e. The zero-order valence-corrected chi connectivity index (χ0v) is 9.26. The summed E-state index contributed by atoms with van der Waals surface area (Å²) in [6, 6.07) is 5.51. The molecule has 1 N–H and O–H groups in total. The first-order valence-electron chi connectivity index (χ1n) is 4.67. The van der Waals surface area contributed by atoms with Gasteiger partial charge in [-0.15, -0.1) is 11.8 Å². The number of benzene rings is 1. The number of hydrogen-bond acceptors (Lipinski definition) is 3. The Labute approximate surface area is 92.5 Å². The second-order valence-corrected chi connectivity index (χ2v) is 4.56. The minimum absolute atomic E-state index is 0.0338. The van der Waals surface area contributed by atoms with E-state index in [2.05, 4.69) is 0 Å². The maximum absolute atomic E-state index is 12.6. The SMILES string of the molecule is CC(SCCO)C(=O)c1ccc(F)cc1. The largest absolute Gasteiger partial charge is 0.396 e. The second kappa shape index (κ2) is 5.88. The van der Waals surface area contributed by atoms with Crippen LogP contribution in [0.1, 0.15) is 17.3 Å². The van der Waals surface area contributed by atoms with Crippen LogP contribution in [0.3, 0.4) is 0 Å². The number of hydrogen-bond donors (Lipinski definition) is 1.